The molecule has 2 rings (SSSR count). The first kappa shape index (κ1) is 88.7. The molecule has 9 N–H and O–H groups in total. The minimum absolute atomic E-state index is 0.254. The predicted molar refractivity (Wildman–Crippen MR) is 396 cm³/mol. The molecule has 0 radical (unpaired) electrons. The standard InChI is InChI=1S/C82H143NO13/c1-3-5-7-9-11-13-15-17-19-21-23-25-27-29-31-33-34-35-36-38-39-41-43-45-47-49-51-53-55-57-59-61-63-65-71(86)70(69-93-81-79(92)77(90)80(73(68-85)95-81)96-82-78(91)76(89)75(88)72(67-84)94-82)83-74(87)66-64-62-60-58-56-54-52-50-48-46-44-42-40-37-32-30-28-26-24-22-20-18-16-14-12-10-8-6-4-2/h6,8,12,14,18,20,24,26,30,32,40,42,46,48,55,57,63,65,70-73,75-82,84-86,88-92H,3-5,7,9-11,13,15-17,19,21-23,25,27-29,31,33-39,41,43-45,47,49-54,56,58-62,64,66-69H2,1-2H3,(H,83,87)/b8-6-,14-12-,20-18-,26-24-,32-30-,42-40-,48-46-,57-55+,65-63+. The maximum atomic E-state index is 13.4. The molecule has 96 heavy (non-hydrogen) atoms. The van der Waals surface area contributed by atoms with Gasteiger partial charge < -0.3 is 65.1 Å². The molecule has 12 unspecified atom stereocenters. The maximum absolute atomic E-state index is 13.4. The zero-order valence-electron chi connectivity index (χ0n) is 60.6. The Morgan fingerprint density at radius 3 is 1.15 bits per heavy atom. The Labute approximate surface area is 585 Å². The average Bonchev–Trinajstić information content (AvgIpc) is 0.854. The molecular weight excluding hydrogens is 1210 g/mol. The van der Waals surface area contributed by atoms with Crippen molar-refractivity contribution in [2.45, 2.75) is 383 Å². The van der Waals surface area contributed by atoms with E-state index < -0.39 is 86.8 Å². The lowest BCUT2D eigenvalue weighted by molar-refractivity contribution is -0.359. The Hall–Kier alpha value is -3.35. The molecule has 0 aromatic carbocycles. The first-order valence-corrected chi connectivity index (χ1v) is 39.1. The minimum Gasteiger partial charge on any atom is -0.394 e. The van der Waals surface area contributed by atoms with E-state index in [1.807, 2.05) is 6.08 Å². The Balaban J connectivity index is 1.66. The molecule has 0 aliphatic carbocycles. The summed E-state index contributed by atoms with van der Waals surface area (Å²) in [5.41, 5.74) is 0. The van der Waals surface area contributed by atoms with Crippen molar-refractivity contribution in [3.8, 4) is 0 Å². The molecule has 2 heterocycles. The number of aliphatic hydroxyl groups is 8. The average molecular weight is 1350 g/mol. The fourth-order valence-corrected chi connectivity index (χ4v) is 12.3. The smallest absolute Gasteiger partial charge is 0.220 e. The van der Waals surface area contributed by atoms with Crippen molar-refractivity contribution < 1.29 is 64.6 Å². The van der Waals surface area contributed by atoms with Crippen LogP contribution in [0.25, 0.3) is 0 Å². The van der Waals surface area contributed by atoms with E-state index in [1.54, 1.807) is 6.08 Å². The van der Waals surface area contributed by atoms with Crippen molar-refractivity contribution in [2.24, 2.45) is 0 Å². The molecule has 2 saturated heterocycles. The molecule has 1 amide bonds. The van der Waals surface area contributed by atoms with Gasteiger partial charge in [0, 0.05) is 6.42 Å². The summed E-state index contributed by atoms with van der Waals surface area (Å²) in [6.07, 6.45) is 77.3. The van der Waals surface area contributed by atoms with Gasteiger partial charge in [-0.1, -0.05) is 322 Å². The highest BCUT2D eigenvalue weighted by molar-refractivity contribution is 5.76. The topological polar surface area (TPSA) is 228 Å². The number of hydrogen-bond donors (Lipinski definition) is 9. The quantitative estimate of drug-likeness (QED) is 0.0204. The maximum Gasteiger partial charge on any atom is 0.220 e. The van der Waals surface area contributed by atoms with Crippen LogP contribution >= 0.6 is 0 Å². The number of rotatable bonds is 64. The van der Waals surface area contributed by atoms with E-state index in [0.29, 0.717) is 12.8 Å². The van der Waals surface area contributed by atoms with E-state index in [0.717, 1.165) is 103 Å². The van der Waals surface area contributed by atoms with E-state index in [1.165, 1.54) is 173 Å². The van der Waals surface area contributed by atoms with Crippen LogP contribution in [0.4, 0.5) is 0 Å². The molecule has 14 heteroatoms. The van der Waals surface area contributed by atoms with Gasteiger partial charge in [0.05, 0.1) is 32.0 Å². The van der Waals surface area contributed by atoms with Crippen LogP contribution in [0.5, 0.6) is 0 Å². The van der Waals surface area contributed by atoms with Gasteiger partial charge in [0.25, 0.3) is 0 Å². The van der Waals surface area contributed by atoms with Crippen molar-refractivity contribution in [1.29, 1.82) is 0 Å². The molecule has 554 valence electrons. The van der Waals surface area contributed by atoms with Gasteiger partial charge in [-0.15, -0.1) is 0 Å². The number of ether oxygens (including phenoxy) is 4. The van der Waals surface area contributed by atoms with E-state index in [2.05, 4.69) is 116 Å². The lowest BCUT2D eigenvalue weighted by Crippen LogP contribution is -2.65. The molecule has 14 nitrogen and oxygen atoms in total. The van der Waals surface area contributed by atoms with Crippen LogP contribution in [0.2, 0.25) is 0 Å². The summed E-state index contributed by atoms with van der Waals surface area (Å²) in [6.45, 7) is 2.69. The van der Waals surface area contributed by atoms with Gasteiger partial charge in [-0.05, 0) is 89.9 Å². The minimum atomic E-state index is -1.80. The molecule has 0 aromatic rings. The second-order valence-corrected chi connectivity index (χ2v) is 27.1. The van der Waals surface area contributed by atoms with Crippen LogP contribution in [-0.4, -0.2) is 140 Å². The van der Waals surface area contributed by atoms with Crippen molar-refractivity contribution in [2.75, 3.05) is 19.8 Å². The van der Waals surface area contributed by atoms with E-state index >= 15 is 0 Å². The summed E-state index contributed by atoms with van der Waals surface area (Å²) in [4.78, 5) is 13.4. The largest absolute Gasteiger partial charge is 0.394 e. The van der Waals surface area contributed by atoms with Gasteiger partial charge in [-0.2, -0.15) is 0 Å². The van der Waals surface area contributed by atoms with Crippen LogP contribution in [0.1, 0.15) is 309 Å². The van der Waals surface area contributed by atoms with Gasteiger partial charge in [0.2, 0.25) is 5.91 Å². The zero-order chi connectivity index (χ0) is 69.4. The van der Waals surface area contributed by atoms with Crippen LogP contribution in [0.15, 0.2) is 109 Å². The number of unbranched alkanes of at least 4 members (excludes halogenated alkanes) is 35. The number of carbonyl (C=O) groups is 1. The summed E-state index contributed by atoms with van der Waals surface area (Å²) in [5, 5.41) is 87.6. The number of carbonyl (C=O) groups excluding carboxylic acids is 1. The number of allylic oxidation sites excluding steroid dienone is 17. The highest BCUT2D eigenvalue weighted by atomic mass is 16.7. The van der Waals surface area contributed by atoms with E-state index in [-0.39, 0.29) is 18.9 Å². The fraction of sp³-hybridized carbons (Fsp3) is 0.768. The number of aliphatic hydroxyl groups excluding tert-OH is 8. The molecular formula is C82H143NO13. The van der Waals surface area contributed by atoms with Crippen molar-refractivity contribution >= 4 is 5.91 Å². The molecule has 2 aliphatic heterocycles. The number of hydrogen-bond acceptors (Lipinski definition) is 13. The highest BCUT2D eigenvalue weighted by Gasteiger charge is 2.51. The van der Waals surface area contributed by atoms with Crippen molar-refractivity contribution in [3.63, 3.8) is 0 Å². The third-order valence-electron chi connectivity index (χ3n) is 18.4. The van der Waals surface area contributed by atoms with Crippen LogP contribution < -0.4 is 5.32 Å². The second kappa shape index (κ2) is 65.0. The highest BCUT2D eigenvalue weighted by Crippen LogP contribution is 2.30. The van der Waals surface area contributed by atoms with Crippen molar-refractivity contribution in [1.82, 2.24) is 5.32 Å². The molecule has 12 atom stereocenters. The Kier molecular flexibility index (Phi) is 60.1. The van der Waals surface area contributed by atoms with E-state index in [4.69, 9.17) is 18.9 Å². The third kappa shape index (κ3) is 47.7. The SMILES string of the molecule is CC/C=C\C/C=C\C/C=C\C/C=C\C/C=C\C/C=C\C/C=C\CCCCCCCCCC(=O)NC(COC1OC(CO)C(OC2OC(CO)C(O)C(O)C2O)C(O)C1O)C(O)/C=C/CC/C=C/CCCCCCCCCCCCCCCCCCCCCCCCCCCCC. The molecule has 0 spiro atoms. The zero-order valence-corrected chi connectivity index (χ0v) is 60.6. The summed E-state index contributed by atoms with van der Waals surface area (Å²) < 4.78 is 22.9. The number of amides is 1. The summed E-state index contributed by atoms with van der Waals surface area (Å²) >= 11 is 0. The molecule has 0 bridgehead atoms. The Morgan fingerprint density at radius 2 is 0.729 bits per heavy atom. The summed E-state index contributed by atoms with van der Waals surface area (Å²) in [7, 11) is 0. The van der Waals surface area contributed by atoms with Gasteiger partial charge >= 0.3 is 0 Å². The summed E-state index contributed by atoms with van der Waals surface area (Å²) in [5.74, 6) is -0.262. The summed E-state index contributed by atoms with van der Waals surface area (Å²) in [6, 6.07) is -0.948. The lowest BCUT2D eigenvalue weighted by atomic mass is 9.97. The van der Waals surface area contributed by atoms with Gasteiger partial charge in [-0.3, -0.25) is 4.79 Å². The molecule has 2 fully saturated rings. The Bertz CT molecular complexity index is 2030. The fourth-order valence-electron chi connectivity index (χ4n) is 12.3. The third-order valence-corrected chi connectivity index (χ3v) is 18.4. The lowest BCUT2D eigenvalue weighted by Gasteiger charge is -2.46. The van der Waals surface area contributed by atoms with Crippen LogP contribution in [0.3, 0.4) is 0 Å². The molecule has 2 aliphatic rings. The Morgan fingerprint density at radius 1 is 0.385 bits per heavy atom. The van der Waals surface area contributed by atoms with Crippen molar-refractivity contribution in [3.05, 3.63) is 109 Å². The van der Waals surface area contributed by atoms with Gasteiger partial charge in [0.1, 0.15) is 48.8 Å². The van der Waals surface area contributed by atoms with E-state index in [9.17, 15) is 45.6 Å². The first-order chi connectivity index (χ1) is 47.1. The van der Waals surface area contributed by atoms with Crippen LogP contribution in [-0.2, 0) is 23.7 Å². The second-order valence-electron chi connectivity index (χ2n) is 27.1. The molecule has 0 saturated carbocycles. The van der Waals surface area contributed by atoms with Gasteiger partial charge in [0.15, 0.2) is 12.6 Å². The normalized spacial score (nSPS) is 22.9. The van der Waals surface area contributed by atoms with Crippen LogP contribution in [0, 0.1) is 0 Å². The number of nitrogens with one attached hydrogen (secondary N) is 1. The van der Waals surface area contributed by atoms with Gasteiger partial charge in [-0.25, -0.2) is 0 Å². The molecule has 0 aromatic heterocycles. The monoisotopic (exact) mass is 1350 g/mol. The predicted octanol–water partition coefficient (Wildman–Crippen LogP) is 17.5. The first-order valence-electron chi connectivity index (χ1n) is 39.1.